The molecule has 0 bridgehead atoms. The monoisotopic (exact) mass is 209 g/mol. The highest BCUT2D eigenvalue weighted by Gasteiger charge is 2.17. The van der Waals surface area contributed by atoms with Crippen LogP contribution in [0.15, 0.2) is 16.8 Å². The van der Waals surface area contributed by atoms with Crippen LogP contribution in [0.25, 0.3) is 0 Å². The number of carbonyl (C=O) groups is 2. The van der Waals surface area contributed by atoms with Gasteiger partial charge >= 0.3 is 0 Å². The van der Waals surface area contributed by atoms with Crippen LogP contribution in [-0.4, -0.2) is 24.1 Å². The number of carbonyl (C=O) groups excluding carboxylic acids is 2. The average Bonchev–Trinajstić information content (AvgIpc) is 2.18. The number of amides is 2. The molecule has 0 fully saturated rings. The van der Waals surface area contributed by atoms with Gasteiger partial charge in [-0.15, -0.1) is 0 Å². The first-order chi connectivity index (χ1) is 7.09. The minimum absolute atomic E-state index is 0.143. The molecule has 1 aliphatic rings. The molecule has 5 heteroatoms. The SMILES string of the molecule is CC(C)=CCNC(=O)C1=NNC(=O)CC1. The van der Waals surface area contributed by atoms with Crippen molar-refractivity contribution >= 4 is 17.5 Å². The van der Waals surface area contributed by atoms with Gasteiger partial charge in [-0.3, -0.25) is 9.59 Å². The third kappa shape index (κ3) is 3.93. The molecule has 0 aromatic carbocycles. The standard InChI is InChI=1S/C10H15N3O2/c1-7(2)5-6-11-10(15)8-3-4-9(14)13-12-8/h5H,3-4,6H2,1-2H3,(H,11,15)(H,13,14). The van der Waals surface area contributed by atoms with Gasteiger partial charge in [-0.25, -0.2) is 5.43 Å². The largest absolute Gasteiger partial charge is 0.347 e. The van der Waals surface area contributed by atoms with Crippen LogP contribution < -0.4 is 10.7 Å². The van der Waals surface area contributed by atoms with E-state index in [-0.39, 0.29) is 11.8 Å². The Bertz CT molecular complexity index is 328. The highest BCUT2D eigenvalue weighted by molar-refractivity contribution is 6.39. The van der Waals surface area contributed by atoms with E-state index in [9.17, 15) is 9.59 Å². The molecule has 0 spiro atoms. The lowest BCUT2D eigenvalue weighted by molar-refractivity contribution is -0.121. The second kappa shape index (κ2) is 5.29. The van der Waals surface area contributed by atoms with Crippen LogP contribution in [0.4, 0.5) is 0 Å². The van der Waals surface area contributed by atoms with Crippen molar-refractivity contribution in [3.63, 3.8) is 0 Å². The minimum atomic E-state index is -0.215. The molecule has 15 heavy (non-hydrogen) atoms. The summed E-state index contributed by atoms with van der Waals surface area (Å²) in [5, 5.41) is 6.39. The summed E-state index contributed by atoms with van der Waals surface area (Å²) in [4.78, 5) is 22.2. The van der Waals surface area contributed by atoms with Gasteiger partial charge in [0.2, 0.25) is 5.91 Å². The molecule has 2 N–H and O–H groups in total. The molecule has 0 saturated carbocycles. The van der Waals surface area contributed by atoms with Crippen LogP contribution in [0, 0.1) is 0 Å². The molecular weight excluding hydrogens is 194 g/mol. The molecule has 1 heterocycles. The number of allylic oxidation sites excluding steroid dienone is 1. The Morgan fingerprint density at radius 1 is 1.53 bits per heavy atom. The third-order valence-corrected chi connectivity index (χ3v) is 1.94. The summed E-state index contributed by atoms with van der Waals surface area (Å²) >= 11 is 0. The van der Waals surface area contributed by atoms with Crippen LogP contribution in [0.1, 0.15) is 26.7 Å². The second-order valence-electron chi connectivity index (χ2n) is 3.58. The van der Waals surface area contributed by atoms with Crippen molar-refractivity contribution in [2.24, 2.45) is 5.10 Å². The number of hydrogen-bond donors (Lipinski definition) is 2. The van der Waals surface area contributed by atoms with Gasteiger partial charge in [0.05, 0.1) is 0 Å². The molecule has 0 aromatic rings. The van der Waals surface area contributed by atoms with E-state index in [2.05, 4.69) is 15.8 Å². The molecule has 1 aliphatic heterocycles. The van der Waals surface area contributed by atoms with Gasteiger partial charge in [-0.05, 0) is 13.8 Å². The summed E-state index contributed by atoms with van der Waals surface area (Å²) in [7, 11) is 0. The van der Waals surface area contributed by atoms with Crippen molar-refractivity contribution < 1.29 is 9.59 Å². The number of rotatable bonds is 3. The fourth-order valence-electron chi connectivity index (χ4n) is 1.09. The number of nitrogens with zero attached hydrogens (tertiary/aromatic N) is 1. The van der Waals surface area contributed by atoms with E-state index in [0.717, 1.165) is 5.57 Å². The van der Waals surface area contributed by atoms with Gasteiger partial charge in [0, 0.05) is 19.4 Å². The topological polar surface area (TPSA) is 70.6 Å². The normalized spacial score (nSPS) is 15.1. The highest BCUT2D eigenvalue weighted by atomic mass is 16.2. The lowest BCUT2D eigenvalue weighted by Crippen LogP contribution is -2.36. The zero-order valence-electron chi connectivity index (χ0n) is 8.96. The molecule has 1 rings (SSSR count). The predicted molar refractivity (Wildman–Crippen MR) is 57.3 cm³/mol. The highest BCUT2D eigenvalue weighted by Crippen LogP contribution is 1.99. The van der Waals surface area contributed by atoms with E-state index in [1.807, 2.05) is 19.9 Å². The first-order valence-corrected chi connectivity index (χ1v) is 4.86. The summed E-state index contributed by atoms with van der Waals surface area (Å²) in [5.74, 6) is -0.358. The molecule has 0 atom stereocenters. The quantitative estimate of drug-likeness (QED) is 0.658. The summed E-state index contributed by atoms with van der Waals surface area (Å²) in [6.45, 7) is 4.42. The molecule has 2 amide bonds. The van der Waals surface area contributed by atoms with Crippen molar-refractivity contribution in [2.75, 3.05) is 6.54 Å². The van der Waals surface area contributed by atoms with Gasteiger partial charge in [-0.1, -0.05) is 11.6 Å². The Morgan fingerprint density at radius 3 is 2.80 bits per heavy atom. The predicted octanol–water partition coefficient (Wildman–Crippen LogP) is 0.335. The van der Waals surface area contributed by atoms with Gasteiger partial charge < -0.3 is 5.32 Å². The fourth-order valence-corrected chi connectivity index (χ4v) is 1.09. The zero-order chi connectivity index (χ0) is 11.3. The maximum absolute atomic E-state index is 11.5. The maximum atomic E-state index is 11.5. The average molecular weight is 209 g/mol. The Balaban J connectivity index is 2.41. The summed E-state index contributed by atoms with van der Waals surface area (Å²) in [6.07, 6.45) is 2.65. The van der Waals surface area contributed by atoms with E-state index in [4.69, 9.17) is 0 Å². The molecule has 0 radical (unpaired) electrons. The van der Waals surface area contributed by atoms with Crippen molar-refractivity contribution in [3.05, 3.63) is 11.6 Å². The summed E-state index contributed by atoms with van der Waals surface area (Å²) in [6, 6.07) is 0. The van der Waals surface area contributed by atoms with E-state index in [1.165, 1.54) is 0 Å². The lowest BCUT2D eigenvalue weighted by Gasteiger charge is -2.11. The van der Waals surface area contributed by atoms with Crippen LogP contribution >= 0.6 is 0 Å². The number of hydrogen-bond acceptors (Lipinski definition) is 3. The summed E-state index contributed by atoms with van der Waals surface area (Å²) < 4.78 is 0. The van der Waals surface area contributed by atoms with Crippen molar-refractivity contribution in [1.29, 1.82) is 0 Å². The fraction of sp³-hybridized carbons (Fsp3) is 0.500. The summed E-state index contributed by atoms with van der Waals surface area (Å²) in [5.41, 5.74) is 3.82. The number of nitrogens with one attached hydrogen (secondary N) is 2. The molecule has 0 aromatic heterocycles. The lowest BCUT2D eigenvalue weighted by atomic mass is 10.1. The molecular formula is C10H15N3O2. The van der Waals surface area contributed by atoms with Gasteiger partial charge in [0.1, 0.15) is 5.71 Å². The Morgan fingerprint density at radius 2 is 2.27 bits per heavy atom. The van der Waals surface area contributed by atoms with Crippen LogP contribution in [-0.2, 0) is 9.59 Å². The first kappa shape index (κ1) is 11.4. The maximum Gasteiger partial charge on any atom is 0.267 e. The first-order valence-electron chi connectivity index (χ1n) is 4.86. The zero-order valence-corrected chi connectivity index (χ0v) is 8.96. The van der Waals surface area contributed by atoms with Crippen molar-refractivity contribution in [3.8, 4) is 0 Å². The Kier molecular flexibility index (Phi) is 4.03. The minimum Gasteiger partial charge on any atom is -0.347 e. The molecule has 0 aliphatic carbocycles. The number of hydrazone groups is 1. The molecule has 0 unspecified atom stereocenters. The van der Waals surface area contributed by atoms with Gasteiger partial charge in [0.15, 0.2) is 0 Å². The van der Waals surface area contributed by atoms with Crippen molar-refractivity contribution in [2.45, 2.75) is 26.7 Å². The smallest absolute Gasteiger partial charge is 0.267 e. The second-order valence-corrected chi connectivity index (χ2v) is 3.58. The van der Waals surface area contributed by atoms with Crippen LogP contribution in [0.5, 0.6) is 0 Å². The van der Waals surface area contributed by atoms with E-state index in [0.29, 0.717) is 25.1 Å². The van der Waals surface area contributed by atoms with E-state index in [1.54, 1.807) is 0 Å². The Hall–Kier alpha value is -1.65. The van der Waals surface area contributed by atoms with Gasteiger partial charge in [0.25, 0.3) is 5.91 Å². The van der Waals surface area contributed by atoms with Crippen molar-refractivity contribution in [1.82, 2.24) is 10.7 Å². The van der Waals surface area contributed by atoms with Gasteiger partial charge in [-0.2, -0.15) is 5.10 Å². The molecule has 0 saturated heterocycles. The molecule has 5 nitrogen and oxygen atoms in total. The van der Waals surface area contributed by atoms with E-state index >= 15 is 0 Å². The molecule has 82 valence electrons. The third-order valence-electron chi connectivity index (χ3n) is 1.94. The van der Waals surface area contributed by atoms with E-state index < -0.39 is 0 Å². The Labute approximate surface area is 88.6 Å². The van der Waals surface area contributed by atoms with Crippen LogP contribution in [0.2, 0.25) is 0 Å². The van der Waals surface area contributed by atoms with Crippen LogP contribution in [0.3, 0.4) is 0 Å².